The highest BCUT2D eigenvalue weighted by atomic mass is 32.1. The van der Waals surface area contributed by atoms with Crippen LogP contribution in [0, 0.1) is 6.92 Å². The van der Waals surface area contributed by atoms with Gasteiger partial charge < -0.3 is 11.1 Å². The van der Waals surface area contributed by atoms with Crippen molar-refractivity contribution in [2.45, 2.75) is 57.4 Å². The summed E-state index contributed by atoms with van der Waals surface area (Å²) in [6.45, 7) is 1.88. The van der Waals surface area contributed by atoms with Crippen LogP contribution >= 0.6 is 12.2 Å². The molecule has 1 aromatic heterocycles. The number of pyridine rings is 1. The second kappa shape index (κ2) is 6.98. The van der Waals surface area contributed by atoms with Gasteiger partial charge in [-0.3, -0.25) is 9.78 Å². The number of nitrogens with two attached hydrogens (primary N) is 1. The Morgan fingerprint density at radius 3 is 2.48 bits per heavy atom. The summed E-state index contributed by atoms with van der Waals surface area (Å²) in [4.78, 5) is 17.1. The van der Waals surface area contributed by atoms with Gasteiger partial charge in [-0.05, 0) is 31.4 Å². The summed E-state index contributed by atoms with van der Waals surface area (Å²) in [5.74, 6) is -0.179. The molecule has 0 radical (unpaired) electrons. The van der Waals surface area contributed by atoms with Crippen LogP contribution < -0.4 is 11.1 Å². The van der Waals surface area contributed by atoms with Crippen LogP contribution in [-0.4, -0.2) is 21.4 Å². The largest absolute Gasteiger partial charge is 0.391 e. The average Bonchev–Trinajstić information content (AvgIpc) is 2.42. The Bertz CT molecular complexity index is 522. The molecule has 0 unspecified atom stereocenters. The molecule has 1 saturated carbocycles. The van der Waals surface area contributed by atoms with Crippen molar-refractivity contribution >= 4 is 23.1 Å². The van der Waals surface area contributed by atoms with Crippen LogP contribution in [0.25, 0.3) is 0 Å². The van der Waals surface area contributed by atoms with Crippen molar-refractivity contribution in [3.05, 3.63) is 29.6 Å². The van der Waals surface area contributed by atoms with Gasteiger partial charge in [-0.2, -0.15) is 0 Å². The lowest BCUT2D eigenvalue weighted by Crippen LogP contribution is -2.57. The van der Waals surface area contributed by atoms with Crippen LogP contribution in [0.1, 0.15) is 61.0 Å². The van der Waals surface area contributed by atoms with Gasteiger partial charge in [-0.15, -0.1) is 0 Å². The minimum Gasteiger partial charge on any atom is -0.391 e. The maximum Gasteiger partial charge on any atom is 0.270 e. The molecule has 0 aromatic carbocycles. The Morgan fingerprint density at radius 1 is 1.29 bits per heavy atom. The van der Waals surface area contributed by atoms with Gasteiger partial charge in [-0.25, -0.2) is 0 Å². The number of carbonyl (C=O) groups is 1. The highest BCUT2D eigenvalue weighted by molar-refractivity contribution is 7.80. The molecule has 1 amide bonds. The molecule has 1 aliphatic rings. The van der Waals surface area contributed by atoms with Gasteiger partial charge in [0.1, 0.15) is 5.69 Å². The van der Waals surface area contributed by atoms with Crippen molar-refractivity contribution in [2.75, 3.05) is 0 Å². The van der Waals surface area contributed by atoms with E-state index in [9.17, 15) is 4.79 Å². The van der Waals surface area contributed by atoms with E-state index in [0.29, 0.717) is 10.7 Å². The summed E-state index contributed by atoms with van der Waals surface area (Å²) >= 11 is 5.28. The summed E-state index contributed by atoms with van der Waals surface area (Å²) in [6.07, 6.45) is 8.94. The van der Waals surface area contributed by atoms with Crippen LogP contribution in [0.4, 0.5) is 0 Å². The number of aromatic nitrogens is 1. The Labute approximate surface area is 131 Å². The lowest BCUT2D eigenvalue weighted by Gasteiger charge is -2.35. The van der Waals surface area contributed by atoms with E-state index in [2.05, 4.69) is 10.3 Å². The molecule has 4 nitrogen and oxygen atoms in total. The molecule has 1 aliphatic carbocycles. The van der Waals surface area contributed by atoms with E-state index in [4.69, 9.17) is 18.0 Å². The molecular weight excluding hydrogens is 282 g/mol. The van der Waals surface area contributed by atoms with Crippen molar-refractivity contribution in [3.8, 4) is 0 Å². The fourth-order valence-electron chi connectivity index (χ4n) is 2.94. The summed E-state index contributed by atoms with van der Waals surface area (Å²) in [6, 6.07) is 3.71. The zero-order chi connectivity index (χ0) is 15.3. The number of nitrogens with one attached hydrogen (secondary N) is 1. The molecule has 21 heavy (non-hydrogen) atoms. The Balaban J connectivity index is 2.21. The van der Waals surface area contributed by atoms with Crippen LogP contribution in [-0.2, 0) is 0 Å². The third-order valence-electron chi connectivity index (χ3n) is 4.26. The molecule has 1 aromatic rings. The molecule has 1 fully saturated rings. The molecule has 0 atom stereocenters. The predicted octanol–water partition coefficient (Wildman–Crippen LogP) is 2.89. The van der Waals surface area contributed by atoms with E-state index in [-0.39, 0.29) is 5.91 Å². The highest BCUT2D eigenvalue weighted by Gasteiger charge is 2.35. The highest BCUT2D eigenvalue weighted by Crippen LogP contribution is 2.27. The van der Waals surface area contributed by atoms with Crippen LogP contribution in [0.5, 0.6) is 0 Å². The second-order valence-corrected chi connectivity index (χ2v) is 6.28. The van der Waals surface area contributed by atoms with Crippen molar-refractivity contribution in [1.29, 1.82) is 0 Å². The van der Waals surface area contributed by atoms with E-state index >= 15 is 0 Å². The van der Waals surface area contributed by atoms with E-state index in [0.717, 1.165) is 31.2 Å². The van der Waals surface area contributed by atoms with E-state index in [1.807, 2.05) is 19.1 Å². The molecular formula is C16H23N3OS. The summed E-state index contributed by atoms with van der Waals surface area (Å²) < 4.78 is 0. The monoisotopic (exact) mass is 305 g/mol. The normalized spacial score (nSPS) is 18.3. The number of hydrogen-bond donors (Lipinski definition) is 2. The van der Waals surface area contributed by atoms with Crippen molar-refractivity contribution in [2.24, 2.45) is 5.73 Å². The maximum atomic E-state index is 12.6. The summed E-state index contributed by atoms with van der Waals surface area (Å²) in [5.41, 5.74) is 6.74. The van der Waals surface area contributed by atoms with Crippen LogP contribution in [0.3, 0.4) is 0 Å². The van der Waals surface area contributed by atoms with Gasteiger partial charge >= 0.3 is 0 Å². The number of hydrogen-bond acceptors (Lipinski definition) is 3. The van der Waals surface area contributed by atoms with Gasteiger partial charge in [0.15, 0.2) is 0 Å². The van der Waals surface area contributed by atoms with E-state index in [1.165, 1.54) is 19.3 Å². The van der Waals surface area contributed by atoms with Crippen LogP contribution in [0.15, 0.2) is 18.3 Å². The average molecular weight is 305 g/mol. The third kappa shape index (κ3) is 3.79. The first-order valence-corrected chi connectivity index (χ1v) is 8.00. The SMILES string of the molecule is Cc1cccnc1C(=O)NC1(C(N)=S)CCCCCCC1. The van der Waals surface area contributed by atoms with Crippen molar-refractivity contribution in [1.82, 2.24) is 10.3 Å². The zero-order valence-electron chi connectivity index (χ0n) is 12.5. The van der Waals surface area contributed by atoms with Crippen molar-refractivity contribution < 1.29 is 4.79 Å². The second-order valence-electron chi connectivity index (χ2n) is 5.84. The number of thiocarbonyl (C=S) groups is 1. The molecule has 3 N–H and O–H groups in total. The first-order valence-electron chi connectivity index (χ1n) is 7.59. The lowest BCUT2D eigenvalue weighted by atomic mass is 9.83. The summed E-state index contributed by atoms with van der Waals surface area (Å²) in [7, 11) is 0. The van der Waals surface area contributed by atoms with Gasteiger partial charge in [0, 0.05) is 6.20 Å². The standard InChI is InChI=1S/C16H23N3OS/c1-12-8-7-11-18-13(12)14(20)19-16(15(17)21)9-5-3-2-4-6-10-16/h7-8,11H,2-6,9-10H2,1H3,(H2,17,21)(H,19,20). The Hall–Kier alpha value is -1.49. The Morgan fingerprint density at radius 2 is 1.90 bits per heavy atom. The fraction of sp³-hybridized carbons (Fsp3) is 0.562. The molecule has 1 heterocycles. The fourth-order valence-corrected chi connectivity index (χ4v) is 3.20. The number of carbonyl (C=O) groups excluding carboxylic acids is 1. The lowest BCUT2D eigenvalue weighted by molar-refractivity contribution is 0.0907. The minimum atomic E-state index is -0.559. The first kappa shape index (κ1) is 15.9. The van der Waals surface area contributed by atoms with E-state index in [1.54, 1.807) is 6.20 Å². The number of amides is 1. The molecule has 0 bridgehead atoms. The number of aryl methyl sites for hydroxylation is 1. The predicted molar refractivity (Wildman–Crippen MR) is 88.3 cm³/mol. The maximum absolute atomic E-state index is 12.6. The van der Waals surface area contributed by atoms with Crippen molar-refractivity contribution in [3.63, 3.8) is 0 Å². The molecule has 0 saturated heterocycles. The van der Waals surface area contributed by atoms with Crippen LogP contribution in [0.2, 0.25) is 0 Å². The molecule has 5 heteroatoms. The smallest absolute Gasteiger partial charge is 0.270 e. The number of rotatable bonds is 3. The zero-order valence-corrected chi connectivity index (χ0v) is 13.3. The van der Waals surface area contributed by atoms with E-state index < -0.39 is 5.54 Å². The molecule has 2 rings (SSSR count). The summed E-state index contributed by atoms with van der Waals surface area (Å²) in [5, 5.41) is 3.09. The Kier molecular flexibility index (Phi) is 5.28. The van der Waals surface area contributed by atoms with Gasteiger partial charge in [0.2, 0.25) is 0 Å². The number of nitrogens with zero attached hydrogens (tertiary/aromatic N) is 1. The molecule has 0 spiro atoms. The quantitative estimate of drug-likeness (QED) is 0.843. The molecule has 0 aliphatic heterocycles. The van der Waals surface area contributed by atoms with Gasteiger partial charge in [0.25, 0.3) is 5.91 Å². The minimum absolute atomic E-state index is 0.179. The third-order valence-corrected chi connectivity index (χ3v) is 4.65. The van der Waals surface area contributed by atoms with Gasteiger partial charge in [0.05, 0.1) is 10.5 Å². The molecule has 114 valence electrons. The van der Waals surface area contributed by atoms with Gasteiger partial charge in [-0.1, -0.05) is 50.4 Å². The first-order chi connectivity index (χ1) is 10.1. The topological polar surface area (TPSA) is 68.0 Å².